The highest BCUT2D eigenvalue weighted by molar-refractivity contribution is 5.98. The van der Waals surface area contributed by atoms with Crippen LogP contribution in [0.4, 0.5) is 0 Å². The zero-order chi connectivity index (χ0) is 14.5. The van der Waals surface area contributed by atoms with Crippen molar-refractivity contribution in [3.8, 4) is 0 Å². The molecule has 0 spiro atoms. The molecule has 6 heteroatoms. The topological polar surface area (TPSA) is 84.0 Å². The lowest BCUT2D eigenvalue weighted by molar-refractivity contribution is 0.0843. The van der Waals surface area contributed by atoms with Crippen LogP contribution >= 0.6 is 0 Å². The minimum absolute atomic E-state index is 0.139. The minimum atomic E-state index is -0.516. The van der Waals surface area contributed by atoms with E-state index in [1.807, 2.05) is 19.1 Å². The predicted octanol–water partition coefficient (Wildman–Crippen LogP) is 1.17. The van der Waals surface area contributed by atoms with Crippen LogP contribution in [0.25, 0.3) is 0 Å². The van der Waals surface area contributed by atoms with Crippen molar-refractivity contribution in [2.45, 2.75) is 13.8 Å². The number of hydrogen-bond donors (Lipinski definition) is 2. The van der Waals surface area contributed by atoms with E-state index in [9.17, 15) is 9.59 Å². The number of nitrogens with one attached hydrogen (secondary N) is 2. The number of carbonyl (C=O) groups excluding carboxylic acids is 2. The molecule has 0 aliphatic heterocycles. The van der Waals surface area contributed by atoms with Crippen LogP contribution in [0.3, 0.4) is 0 Å². The van der Waals surface area contributed by atoms with E-state index in [0.29, 0.717) is 11.3 Å². The summed E-state index contributed by atoms with van der Waals surface area (Å²) in [6.45, 7) is 3.70. The molecule has 0 bridgehead atoms. The van der Waals surface area contributed by atoms with Gasteiger partial charge in [-0.15, -0.1) is 0 Å². The van der Waals surface area contributed by atoms with Gasteiger partial charge in [0, 0.05) is 11.8 Å². The summed E-state index contributed by atoms with van der Waals surface area (Å²) in [5.41, 5.74) is 6.99. The lowest BCUT2D eigenvalue weighted by Crippen LogP contribution is -2.42. The van der Waals surface area contributed by atoms with Gasteiger partial charge in [-0.2, -0.15) is 0 Å². The molecule has 2 amide bonds. The van der Waals surface area contributed by atoms with E-state index in [0.717, 1.165) is 5.56 Å². The molecule has 0 unspecified atom stereocenters. The van der Waals surface area contributed by atoms with Crippen LogP contribution in [0, 0.1) is 13.8 Å². The Morgan fingerprint density at radius 3 is 2.15 bits per heavy atom. The van der Waals surface area contributed by atoms with Crippen LogP contribution in [-0.2, 0) is 0 Å². The first-order valence-corrected chi connectivity index (χ1v) is 6.02. The smallest absolute Gasteiger partial charge is 0.267 e. The number of benzene rings is 1. The summed E-state index contributed by atoms with van der Waals surface area (Å²) >= 11 is 0. The van der Waals surface area contributed by atoms with Gasteiger partial charge in [0.15, 0.2) is 0 Å². The molecule has 0 saturated heterocycles. The van der Waals surface area contributed by atoms with E-state index >= 15 is 0 Å². The maximum atomic E-state index is 11.8. The average Bonchev–Trinajstić information content (AvgIpc) is 2.46. The number of rotatable bonds is 2. The van der Waals surface area contributed by atoms with E-state index < -0.39 is 11.8 Å². The molecule has 2 rings (SSSR count). The highest BCUT2D eigenvalue weighted by atomic mass is 16.2. The Morgan fingerprint density at radius 1 is 0.900 bits per heavy atom. The summed E-state index contributed by atoms with van der Waals surface area (Å²) in [6, 6.07) is 7.01. The molecule has 1 heterocycles. The van der Waals surface area contributed by atoms with Gasteiger partial charge in [-0.1, -0.05) is 17.7 Å². The summed E-state index contributed by atoms with van der Waals surface area (Å²) in [7, 11) is 0. The maximum absolute atomic E-state index is 11.8. The molecule has 1 aromatic heterocycles. The summed E-state index contributed by atoms with van der Waals surface area (Å²) in [5, 5.41) is 0. The fourth-order valence-electron chi connectivity index (χ4n) is 1.46. The highest BCUT2D eigenvalue weighted by Gasteiger charge is 2.10. The van der Waals surface area contributed by atoms with Gasteiger partial charge in [0.1, 0.15) is 5.69 Å². The first-order valence-electron chi connectivity index (χ1n) is 6.02. The summed E-state index contributed by atoms with van der Waals surface area (Å²) in [6.07, 6.45) is 2.83. The second kappa shape index (κ2) is 5.92. The van der Waals surface area contributed by atoms with E-state index in [4.69, 9.17) is 0 Å². The molecule has 6 nitrogen and oxygen atoms in total. The Balaban J connectivity index is 1.94. The number of nitrogens with zero attached hydrogens (tertiary/aromatic N) is 2. The van der Waals surface area contributed by atoms with Gasteiger partial charge in [0.2, 0.25) is 0 Å². The molecule has 0 atom stereocenters. The second-order valence-electron chi connectivity index (χ2n) is 4.32. The molecule has 20 heavy (non-hydrogen) atoms. The fraction of sp³-hybridized carbons (Fsp3) is 0.143. The minimum Gasteiger partial charge on any atom is -0.267 e. The van der Waals surface area contributed by atoms with Gasteiger partial charge in [0.25, 0.3) is 11.8 Å². The Hall–Kier alpha value is -2.76. The number of carbonyl (C=O) groups is 2. The molecule has 1 aromatic carbocycles. The summed E-state index contributed by atoms with van der Waals surface area (Å²) < 4.78 is 0. The Morgan fingerprint density at radius 2 is 1.55 bits per heavy atom. The van der Waals surface area contributed by atoms with Crippen molar-refractivity contribution < 1.29 is 9.59 Å². The van der Waals surface area contributed by atoms with Gasteiger partial charge in [-0.25, -0.2) is 4.98 Å². The van der Waals surface area contributed by atoms with Crippen molar-refractivity contribution in [2.24, 2.45) is 0 Å². The largest absolute Gasteiger partial charge is 0.289 e. The standard InChI is InChI=1S/C14H14N4O2/c1-9-3-5-11(6-4-9)13(19)17-18-14(20)12-8-15-10(2)7-16-12/h3-8H,1-2H3,(H,17,19)(H,18,20). The second-order valence-corrected chi connectivity index (χ2v) is 4.32. The number of hydrazine groups is 1. The molecule has 2 aromatic rings. The summed E-state index contributed by atoms with van der Waals surface area (Å²) in [4.78, 5) is 31.4. The van der Waals surface area contributed by atoms with Crippen molar-refractivity contribution in [1.29, 1.82) is 0 Å². The highest BCUT2D eigenvalue weighted by Crippen LogP contribution is 2.02. The number of hydrogen-bond acceptors (Lipinski definition) is 4. The number of amides is 2. The SMILES string of the molecule is Cc1ccc(C(=O)NNC(=O)c2cnc(C)cn2)cc1. The molecule has 0 fully saturated rings. The Labute approximate surface area is 116 Å². The van der Waals surface area contributed by atoms with Crippen molar-refractivity contribution in [3.63, 3.8) is 0 Å². The van der Waals surface area contributed by atoms with Crippen molar-refractivity contribution in [2.75, 3.05) is 0 Å². The van der Waals surface area contributed by atoms with Gasteiger partial charge < -0.3 is 0 Å². The molecular formula is C14H14N4O2. The lowest BCUT2D eigenvalue weighted by Gasteiger charge is -2.07. The molecule has 102 valence electrons. The summed E-state index contributed by atoms with van der Waals surface area (Å²) in [5.74, 6) is -0.906. The van der Waals surface area contributed by atoms with Crippen LogP contribution in [-0.4, -0.2) is 21.8 Å². The molecular weight excluding hydrogens is 256 g/mol. The Kier molecular flexibility index (Phi) is 4.05. The van der Waals surface area contributed by atoms with E-state index in [-0.39, 0.29) is 5.69 Å². The monoisotopic (exact) mass is 270 g/mol. The molecule has 0 saturated carbocycles. The third-order valence-corrected chi connectivity index (χ3v) is 2.62. The zero-order valence-corrected chi connectivity index (χ0v) is 11.2. The normalized spacial score (nSPS) is 9.90. The number of aromatic nitrogens is 2. The van der Waals surface area contributed by atoms with Crippen LogP contribution in [0.1, 0.15) is 32.1 Å². The zero-order valence-electron chi connectivity index (χ0n) is 11.2. The van der Waals surface area contributed by atoms with Gasteiger partial charge >= 0.3 is 0 Å². The van der Waals surface area contributed by atoms with Crippen LogP contribution in [0.15, 0.2) is 36.7 Å². The van der Waals surface area contributed by atoms with Crippen LogP contribution in [0.2, 0.25) is 0 Å². The first kappa shape index (κ1) is 13.7. The molecule has 0 aliphatic carbocycles. The fourth-order valence-corrected chi connectivity index (χ4v) is 1.46. The third-order valence-electron chi connectivity index (χ3n) is 2.62. The quantitative estimate of drug-likeness (QED) is 0.802. The molecule has 2 N–H and O–H groups in total. The first-order chi connectivity index (χ1) is 9.56. The van der Waals surface area contributed by atoms with E-state index in [1.165, 1.54) is 12.4 Å². The molecule has 0 aliphatic rings. The number of aryl methyl sites for hydroxylation is 2. The van der Waals surface area contributed by atoms with Crippen molar-refractivity contribution in [3.05, 3.63) is 59.2 Å². The van der Waals surface area contributed by atoms with E-state index in [1.54, 1.807) is 19.1 Å². The van der Waals surface area contributed by atoms with Crippen LogP contribution in [0.5, 0.6) is 0 Å². The van der Waals surface area contributed by atoms with Crippen molar-refractivity contribution >= 4 is 11.8 Å². The maximum Gasteiger partial charge on any atom is 0.289 e. The van der Waals surface area contributed by atoms with E-state index in [2.05, 4.69) is 20.8 Å². The predicted molar refractivity (Wildman–Crippen MR) is 72.9 cm³/mol. The van der Waals surface area contributed by atoms with Crippen molar-refractivity contribution in [1.82, 2.24) is 20.8 Å². The van der Waals surface area contributed by atoms with Crippen LogP contribution < -0.4 is 10.9 Å². The third kappa shape index (κ3) is 3.38. The lowest BCUT2D eigenvalue weighted by atomic mass is 10.1. The Bertz CT molecular complexity index is 563. The van der Waals surface area contributed by atoms with Gasteiger partial charge in [0.05, 0.1) is 11.9 Å². The van der Waals surface area contributed by atoms with Gasteiger partial charge in [-0.3, -0.25) is 25.4 Å². The molecule has 0 radical (unpaired) electrons. The van der Waals surface area contributed by atoms with Gasteiger partial charge in [-0.05, 0) is 26.0 Å². The average molecular weight is 270 g/mol.